The van der Waals surface area contributed by atoms with Crippen molar-refractivity contribution < 1.29 is 4.39 Å². The molecule has 0 fully saturated rings. The van der Waals surface area contributed by atoms with Crippen molar-refractivity contribution >= 4 is 11.6 Å². The smallest absolute Gasteiger partial charge is 0.135 e. The van der Waals surface area contributed by atoms with Crippen molar-refractivity contribution in [2.75, 3.05) is 13.1 Å². The molecule has 2 aromatic rings. The van der Waals surface area contributed by atoms with E-state index < -0.39 is 0 Å². The van der Waals surface area contributed by atoms with E-state index in [-0.39, 0.29) is 17.3 Å². The van der Waals surface area contributed by atoms with E-state index in [1.54, 1.807) is 6.07 Å². The van der Waals surface area contributed by atoms with Crippen LogP contribution in [0.25, 0.3) is 11.3 Å². The first-order chi connectivity index (χ1) is 12.2. The number of hydrogen-bond donors (Lipinski definition) is 1. The van der Waals surface area contributed by atoms with Crippen LogP contribution < -0.4 is 5.73 Å². The van der Waals surface area contributed by atoms with Gasteiger partial charge in [-0.15, -0.1) is 0 Å². The maximum absolute atomic E-state index is 13.9. The third-order valence-electron chi connectivity index (χ3n) is 5.08. The minimum absolute atomic E-state index is 0.244. The fourth-order valence-electron chi connectivity index (χ4n) is 3.91. The SMILES string of the molecule is C=C(CN)N1CCn2c(nc(-c3cc(F)cc(Cl)c3)c2C(C)C)C1(C)C. The van der Waals surface area contributed by atoms with Crippen LogP contribution in [-0.4, -0.2) is 27.5 Å². The largest absolute Gasteiger partial charge is 0.360 e. The highest BCUT2D eigenvalue weighted by Crippen LogP contribution is 2.40. The van der Waals surface area contributed by atoms with Crippen LogP contribution in [0.1, 0.15) is 45.1 Å². The number of rotatable bonds is 4. The van der Waals surface area contributed by atoms with Gasteiger partial charge in [-0.05, 0) is 38.0 Å². The second-order valence-electron chi connectivity index (χ2n) is 7.61. The van der Waals surface area contributed by atoms with Crippen molar-refractivity contribution in [3.63, 3.8) is 0 Å². The average Bonchev–Trinajstić information content (AvgIpc) is 2.94. The third-order valence-corrected chi connectivity index (χ3v) is 5.29. The lowest BCUT2D eigenvalue weighted by molar-refractivity contribution is 0.116. The van der Waals surface area contributed by atoms with Crippen molar-refractivity contribution in [1.29, 1.82) is 0 Å². The average molecular weight is 377 g/mol. The highest BCUT2D eigenvalue weighted by Gasteiger charge is 2.39. The van der Waals surface area contributed by atoms with Crippen LogP contribution in [0.4, 0.5) is 4.39 Å². The summed E-state index contributed by atoms with van der Waals surface area (Å²) in [5.41, 5.74) is 8.98. The maximum Gasteiger partial charge on any atom is 0.135 e. The molecule has 0 atom stereocenters. The monoisotopic (exact) mass is 376 g/mol. The lowest BCUT2D eigenvalue weighted by Gasteiger charge is -2.45. The number of imidazole rings is 1. The molecule has 0 spiro atoms. The molecule has 1 aliphatic rings. The van der Waals surface area contributed by atoms with Crippen molar-refractivity contribution in [3.8, 4) is 11.3 Å². The van der Waals surface area contributed by atoms with Crippen molar-refractivity contribution in [2.45, 2.75) is 45.7 Å². The van der Waals surface area contributed by atoms with Crippen LogP contribution in [-0.2, 0) is 12.1 Å². The van der Waals surface area contributed by atoms with E-state index in [0.717, 1.165) is 36.0 Å². The molecule has 1 aliphatic heterocycles. The van der Waals surface area contributed by atoms with Gasteiger partial charge in [0.05, 0.1) is 11.2 Å². The molecule has 1 aromatic heterocycles. The molecule has 3 rings (SSSR count). The molecular formula is C20H26ClFN4. The summed E-state index contributed by atoms with van der Waals surface area (Å²) in [6, 6.07) is 4.58. The van der Waals surface area contributed by atoms with Crippen molar-refractivity contribution in [1.82, 2.24) is 14.5 Å². The molecule has 4 nitrogen and oxygen atoms in total. The van der Waals surface area contributed by atoms with Crippen LogP contribution in [0.3, 0.4) is 0 Å². The summed E-state index contributed by atoms with van der Waals surface area (Å²) in [7, 11) is 0. The quantitative estimate of drug-likeness (QED) is 0.855. The molecule has 6 heteroatoms. The van der Waals surface area contributed by atoms with Gasteiger partial charge in [-0.3, -0.25) is 0 Å². The van der Waals surface area contributed by atoms with Crippen molar-refractivity contribution in [3.05, 3.63) is 52.8 Å². The lowest BCUT2D eigenvalue weighted by atomic mass is 9.97. The van der Waals surface area contributed by atoms with E-state index in [2.05, 4.69) is 43.7 Å². The summed E-state index contributed by atoms with van der Waals surface area (Å²) < 4.78 is 16.2. The Morgan fingerprint density at radius 1 is 1.35 bits per heavy atom. The van der Waals surface area contributed by atoms with Crippen LogP contribution >= 0.6 is 11.6 Å². The second kappa shape index (κ2) is 6.71. The van der Waals surface area contributed by atoms with Gasteiger partial charge in [0.25, 0.3) is 0 Å². The van der Waals surface area contributed by atoms with Gasteiger partial charge in [-0.1, -0.05) is 32.0 Å². The van der Waals surface area contributed by atoms with Gasteiger partial charge in [0.2, 0.25) is 0 Å². The molecule has 1 aromatic carbocycles. The highest BCUT2D eigenvalue weighted by atomic mass is 35.5. The summed E-state index contributed by atoms with van der Waals surface area (Å²) >= 11 is 6.09. The Hall–Kier alpha value is -1.85. The normalized spacial score (nSPS) is 16.1. The molecule has 0 amide bonds. The van der Waals surface area contributed by atoms with E-state index >= 15 is 0 Å². The number of nitrogens with zero attached hydrogens (tertiary/aromatic N) is 3. The van der Waals surface area contributed by atoms with Gasteiger partial charge in [0.1, 0.15) is 11.6 Å². The minimum Gasteiger partial charge on any atom is -0.360 e. The van der Waals surface area contributed by atoms with E-state index in [9.17, 15) is 4.39 Å². The van der Waals surface area contributed by atoms with Crippen LogP contribution in [0, 0.1) is 5.82 Å². The first kappa shape index (κ1) is 18.9. The molecule has 0 bridgehead atoms. The number of nitrogens with two attached hydrogens (primary N) is 1. The predicted octanol–water partition coefficient (Wildman–Crippen LogP) is 4.49. The van der Waals surface area contributed by atoms with E-state index in [4.69, 9.17) is 22.3 Å². The molecule has 0 saturated heterocycles. The van der Waals surface area contributed by atoms with Crippen molar-refractivity contribution in [2.24, 2.45) is 5.73 Å². The molecule has 0 unspecified atom stereocenters. The molecule has 2 heterocycles. The van der Waals surface area contributed by atoms with Gasteiger partial charge in [-0.2, -0.15) is 0 Å². The first-order valence-corrected chi connectivity index (χ1v) is 9.27. The van der Waals surface area contributed by atoms with E-state index in [0.29, 0.717) is 17.1 Å². The van der Waals surface area contributed by atoms with Crippen LogP contribution in [0.15, 0.2) is 30.5 Å². The zero-order valence-corrected chi connectivity index (χ0v) is 16.6. The topological polar surface area (TPSA) is 47.1 Å². The molecule has 26 heavy (non-hydrogen) atoms. The lowest BCUT2D eigenvalue weighted by Crippen LogP contribution is -2.49. The Morgan fingerprint density at radius 2 is 2.04 bits per heavy atom. The second-order valence-corrected chi connectivity index (χ2v) is 8.05. The summed E-state index contributed by atoms with van der Waals surface area (Å²) in [5.74, 6) is 0.830. The first-order valence-electron chi connectivity index (χ1n) is 8.89. The summed E-state index contributed by atoms with van der Waals surface area (Å²) in [5, 5.41) is 0.373. The number of benzene rings is 1. The summed E-state index contributed by atoms with van der Waals surface area (Å²) in [6.45, 7) is 14.6. The molecule has 0 saturated carbocycles. The standard InChI is InChI=1S/C20H26ClFN4/c1-12(2)18-17(14-8-15(21)10-16(22)9-14)24-19-20(4,5)26(13(3)11-23)7-6-25(18)19/h8-10,12H,3,6-7,11,23H2,1-2,4-5H3. The number of aromatic nitrogens is 2. The van der Waals surface area contributed by atoms with Gasteiger partial charge in [-0.25, -0.2) is 9.37 Å². The fourth-order valence-corrected chi connectivity index (χ4v) is 4.13. The fraction of sp³-hybridized carbons (Fsp3) is 0.450. The Balaban J connectivity index is 2.21. The molecule has 2 N–H and O–H groups in total. The summed E-state index contributed by atoms with van der Waals surface area (Å²) in [4.78, 5) is 7.17. The van der Waals surface area contributed by atoms with E-state index in [1.807, 2.05) is 0 Å². The Kier molecular flexibility index (Phi) is 4.88. The minimum atomic E-state index is -0.356. The van der Waals surface area contributed by atoms with Crippen LogP contribution in [0.2, 0.25) is 5.02 Å². The van der Waals surface area contributed by atoms with Gasteiger partial charge >= 0.3 is 0 Å². The zero-order valence-electron chi connectivity index (χ0n) is 15.8. The van der Waals surface area contributed by atoms with Crippen LogP contribution in [0.5, 0.6) is 0 Å². The summed E-state index contributed by atoms with van der Waals surface area (Å²) in [6.07, 6.45) is 0. The molecule has 0 aliphatic carbocycles. The number of hydrogen-bond acceptors (Lipinski definition) is 3. The number of halogens is 2. The van der Waals surface area contributed by atoms with E-state index in [1.165, 1.54) is 12.1 Å². The maximum atomic E-state index is 13.9. The number of fused-ring (bicyclic) bond motifs is 1. The van der Waals surface area contributed by atoms with Gasteiger partial charge in [0.15, 0.2) is 0 Å². The molecule has 0 radical (unpaired) electrons. The molecule has 140 valence electrons. The highest BCUT2D eigenvalue weighted by molar-refractivity contribution is 6.30. The molecular weight excluding hydrogens is 351 g/mol. The van der Waals surface area contributed by atoms with Gasteiger partial charge in [0, 0.05) is 41.6 Å². The Morgan fingerprint density at radius 3 is 2.62 bits per heavy atom. The predicted molar refractivity (Wildman–Crippen MR) is 105 cm³/mol. The Labute approximate surface area is 159 Å². The third kappa shape index (κ3) is 3.03. The Bertz CT molecular complexity index is 833. The van der Waals surface area contributed by atoms with Gasteiger partial charge < -0.3 is 15.2 Å². The zero-order chi connectivity index (χ0) is 19.2.